The maximum Gasteiger partial charge on any atom is 0.233 e. The van der Waals surface area contributed by atoms with Gasteiger partial charge in [-0.25, -0.2) is 0 Å². The molecule has 2 amide bonds. The van der Waals surface area contributed by atoms with Crippen LogP contribution in [0.2, 0.25) is 0 Å². The van der Waals surface area contributed by atoms with Gasteiger partial charge in [0.05, 0.1) is 11.8 Å². The van der Waals surface area contributed by atoms with Gasteiger partial charge in [0.25, 0.3) is 0 Å². The fourth-order valence-electron chi connectivity index (χ4n) is 3.12. The molecule has 1 radical (unpaired) electrons. The summed E-state index contributed by atoms with van der Waals surface area (Å²) in [6.45, 7) is 6.11. The van der Waals surface area contributed by atoms with E-state index in [-0.39, 0.29) is 29.7 Å². The minimum absolute atomic E-state index is 0.0258. The van der Waals surface area contributed by atoms with Crippen LogP contribution in [-0.2, 0) is 9.59 Å². The molecule has 1 aliphatic carbocycles. The van der Waals surface area contributed by atoms with Crippen molar-refractivity contribution >= 4 is 11.8 Å². The maximum atomic E-state index is 12.2. The number of rotatable bonds is 4. The molecule has 2 fully saturated rings. The van der Waals surface area contributed by atoms with Gasteiger partial charge in [-0.2, -0.15) is 0 Å². The number of carbonyl (C=O) groups excluding carboxylic acids is 2. The average molecular weight is 236 g/mol. The predicted molar refractivity (Wildman–Crippen MR) is 66.0 cm³/mol. The van der Waals surface area contributed by atoms with E-state index >= 15 is 0 Å². The van der Waals surface area contributed by atoms with E-state index in [0.717, 1.165) is 44.9 Å². The highest BCUT2D eigenvalue weighted by Crippen LogP contribution is 2.39. The van der Waals surface area contributed by atoms with Crippen molar-refractivity contribution in [1.82, 2.24) is 4.90 Å². The highest BCUT2D eigenvalue weighted by molar-refractivity contribution is 6.05. The van der Waals surface area contributed by atoms with Gasteiger partial charge >= 0.3 is 0 Å². The van der Waals surface area contributed by atoms with Gasteiger partial charge in [-0.05, 0) is 26.2 Å². The number of nitrogens with zero attached hydrogens (tertiary/aromatic N) is 1. The molecule has 0 N–H and O–H groups in total. The third kappa shape index (κ3) is 2.24. The van der Waals surface area contributed by atoms with E-state index < -0.39 is 0 Å². The zero-order chi connectivity index (χ0) is 12.4. The molecule has 1 saturated carbocycles. The first kappa shape index (κ1) is 12.6. The number of amides is 2. The highest BCUT2D eigenvalue weighted by atomic mass is 16.2. The molecule has 2 aliphatic rings. The lowest BCUT2D eigenvalue weighted by molar-refractivity contribution is -0.141. The Kier molecular flexibility index (Phi) is 3.85. The van der Waals surface area contributed by atoms with Crippen molar-refractivity contribution in [2.75, 3.05) is 0 Å². The van der Waals surface area contributed by atoms with Crippen molar-refractivity contribution in [2.24, 2.45) is 11.8 Å². The van der Waals surface area contributed by atoms with Crippen LogP contribution in [0.4, 0.5) is 0 Å². The summed E-state index contributed by atoms with van der Waals surface area (Å²) in [6.07, 6.45) is 6.91. The van der Waals surface area contributed by atoms with Crippen LogP contribution in [0.15, 0.2) is 0 Å². The molecule has 17 heavy (non-hydrogen) atoms. The Morgan fingerprint density at radius 2 is 1.76 bits per heavy atom. The van der Waals surface area contributed by atoms with Crippen molar-refractivity contribution in [1.29, 1.82) is 0 Å². The molecule has 3 unspecified atom stereocenters. The topological polar surface area (TPSA) is 37.4 Å². The number of hydrogen-bond acceptors (Lipinski definition) is 2. The summed E-state index contributed by atoms with van der Waals surface area (Å²) < 4.78 is 0. The van der Waals surface area contributed by atoms with Gasteiger partial charge in [0, 0.05) is 6.04 Å². The number of carbonyl (C=O) groups is 2. The molecule has 1 saturated heterocycles. The lowest BCUT2D eigenvalue weighted by Gasteiger charge is -2.22. The highest BCUT2D eigenvalue weighted by Gasteiger charge is 2.49. The molecule has 0 bridgehead atoms. The molecule has 0 aromatic carbocycles. The number of hydrogen-bond donors (Lipinski definition) is 0. The quantitative estimate of drug-likeness (QED) is 0.703. The van der Waals surface area contributed by atoms with E-state index in [1.165, 1.54) is 4.90 Å². The Morgan fingerprint density at radius 1 is 1.24 bits per heavy atom. The minimum Gasteiger partial charge on any atom is -0.279 e. The van der Waals surface area contributed by atoms with E-state index in [1.54, 1.807) is 0 Å². The van der Waals surface area contributed by atoms with E-state index in [2.05, 4.69) is 13.8 Å². The lowest BCUT2D eigenvalue weighted by Crippen LogP contribution is -2.39. The third-order valence-electron chi connectivity index (χ3n) is 4.13. The summed E-state index contributed by atoms with van der Waals surface area (Å²) in [6, 6.07) is -0.152. The summed E-state index contributed by atoms with van der Waals surface area (Å²) in [5.74, 6) is 0.0517. The van der Waals surface area contributed by atoms with E-state index in [0.29, 0.717) is 0 Å². The van der Waals surface area contributed by atoms with Crippen LogP contribution in [0.3, 0.4) is 0 Å². The number of imide groups is 1. The summed E-state index contributed by atoms with van der Waals surface area (Å²) in [7, 11) is 0. The van der Waals surface area contributed by atoms with Crippen molar-refractivity contribution in [3.8, 4) is 0 Å². The number of unbranched alkanes of at least 4 members (excludes halogenated alkanes) is 1. The first-order chi connectivity index (χ1) is 8.16. The SMILES string of the molecule is [CH2]C(CCCC)N1C(=O)C2CCCCC2C1=O. The summed E-state index contributed by atoms with van der Waals surface area (Å²) >= 11 is 0. The molecule has 0 spiro atoms. The van der Waals surface area contributed by atoms with Gasteiger partial charge in [-0.15, -0.1) is 0 Å². The van der Waals surface area contributed by atoms with Gasteiger partial charge in [0.15, 0.2) is 0 Å². The predicted octanol–water partition coefficient (Wildman–Crippen LogP) is 2.55. The lowest BCUT2D eigenvalue weighted by atomic mass is 9.81. The normalized spacial score (nSPS) is 30.6. The second-order valence-electron chi connectivity index (χ2n) is 5.34. The second kappa shape index (κ2) is 5.19. The van der Waals surface area contributed by atoms with Gasteiger partial charge in [0.2, 0.25) is 11.8 Å². The smallest absolute Gasteiger partial charge is 0.233 e. The number of fused-ring (bicyclic) bond motifs is 1. The van der Waals surface area contributed by atoms with Crippen molar-refractivity contribution in [3.63, 3.8) is 0 Å². The molecule has 95 valence electrons. The monoisotopic (exact) mass is 236 g/mol. The van der Waals surface area contributed by atoms with Gasteiger partial charge in [-0.3, -0.25) is 14.5 Å². The zero-order valence-corrected chi connectivity index (χ0v) is 10.7. The van der Waals surface area contributed by atoms with Crippen LogP contribution in [0.1, 0.15) is 51.9 Å². The van der Waals surface area contributed by atoms with E-state index in [1.807, 2.05) is 0 Å². The Hall–Kier alpha value is -0.860. The van der Waals surface area contributed by atoms with Gasteiger partial charge in [0.1, 0.15) is 0 Å². The average Bonchev–Trinajstić information content (AvgIpc) is 2.60. The molecule has 3 heteroatoms. The Bertz CT molecular complexity index is 289. The van der Waals surface area contributed by atoms with Crippen LogP contribution < -0.4 is 0 Å². The summed E-state index contributed by atoms with van der Waals surface area (Å²) in [5, 5.41) is 0. The van der Waals surface area contributed by atoms with Gasteiger partial charge < -0.3 is 0 Å². The Morgan fingerprint density at radius 3 is 2.24 bits per heavy atom. The summed E-state index contributed by atoms with van der Waals surface area (Å²) in [4.78, 5) is 25.9. The minimum atomic E-state index is -0.152. The number of likely N-dealkylation sites (tertiary alicyclic amines) is 1. The van der Waals surface area contributed by atoms with E-state index in [9.17, 15) is 9.59 Å². The second-order valence-corrected chi connectivity index (χ2v) is 5.34. The fourth-order valence-corrected chi connectivity index (χ4v) is 3.12. The molecule has 1 aliphatic heterocycles. The van der Waals surface area contributed by atoms with Crippen molar-refractivity contribution < 1.29 is 9.59 Å². The standard InChI is InChI=1S/C14H22NO2/c1-3-4-7-10(2)15-13(16)11-8-5-6-9-12(11)14(15)17/h10-12H,2-9H2,1H3. The van der Waals surface area contributed by atoms with Crippen molar-refractivity contribution in [2.45, 2.75) is 57.9 Å². The van der Waals surface area contributed by atoms with Crippen LogP contribution in [0.25, 0.3) is 0 Å². The molecule has 0 aromatic heterocycles. The largest absolute Gasteiger partial charge is 0.279 e. The van der Waals surface area contributed by atoms with E-state index in [4.69, 9.17) is 0 Å². The third-order valence-corrected chi connectivity index (χ3v) is 4.13. The van der Waals surface area contributed by atoms with Crippen molar-refractivity contribution in [3.05, 3.63) is 6.92 Å². The maximum absolute atomic E-state index is 12.2. The molecule has 3 atom stereocenters. The molecule has 3 nitrogen and oxygen atoms in total. The molecular formula is C14H22NO2. The van der Waals surface area contributed by atoms with Gasteiger partial charge in [-0.1, -0.05) is 32.6 Å². The first-order valence-corrected chi connectivity index (χ1v) is 6.86. The molecular weight excluding hydrogens is 214 g/mol. The Balaban J connectivity index is 2.07. The van der Waals surface area contributed by atoms with Crippen LogP contribution >= 0.6 is 0 Å². The van der Waals surface area contributed by atoms with Crippen LogP contribution in [-0.4, -0.2) is 22.8 Å². The zero-order valence-electron chi connectivity index (χ0n) is 10.7. The van der Waals surface area contributed by atoms with Crippen LogP contribution in [0, 0.1) is 18.8 Å². The fraction of sp³-hybridized carbons (Fsp3) is 0.786. The Labute approximate surface area is 104 Å². The first-order valence-electron chi connectivity index (χ1n) is 6.86. The summed E-state index contributed by atoms with van der Waals surface area (Å²) in [5.41, 5.74) is 0. The molecule has 2 rings (SSSR count). The van der Waals surface area contributed by atoms with Crippen LogP contribution in [0.5, 0.6) is 0 Å². The molecule has 1 heterocycles. The molecule has 0 aromatic rings.